The minimum absolute atomic E-state index is 0.111. The standard InChI is InChI=1S/C28H38BrN3O4S/c1-20(2)23-12-16-26(17-13-23)32(37(4,35)36)19-27(33)31(18-22-10-14-24(29)15-11-22)21(3)28(34)30-25-8-6-5-7-9-25/h10-17,20-21,25H,5-9,18-19H2,1-4H3,(H,30,34). The van der Waals surface area contributed by atoms with E-state index in [0.717, 1.165) is 51.8 Å². The lowest BCUT2D eigenvalue weighted by molar-refractivity contribution is -0.139. The van der Waals surface area contributed by atoms with Crippen molar-refractivity contribution in [3.63, 3.8) is 0 Å². The summed E-state index contributed by atoms with van der Waals surface area (Å²) < 4.78 is 27.5. The van der Waals surface area contributed by atoms with Crippen molar-refractivity contribution in [3.8, 4) is 0 Å². The molecule has 0 aliphatic heterocycles. The maximum absolute atomic E-state index is 13.7. The van der Waals surface area contributed by atoms with E-state index in [1.807, 2.05) is 36.4 Å². The SMILES string of the molecule is CC(C)c1ccc(N(CC(=O)N(Cc2ccc(Br)cc2)C(C)C(=O)NC2CCCCC2)S(C)(=O)=O)cc1. The first-order valence-corrected chi connectivity index (χ1v) is 15.5. The zero-order valence-corrected chi connectivity index (χ0v) is 24.5. The number of anilines is 1. The Morgan fingerprint density at radius 1 is 0.973 bits per heavy atom. The largest absolute Gasteiger partial charge is 0.352 e. The lowest BCUT2D eigenvalue weighted by Gasteiger charge is -2.33. The highest BCUT2D eigenvalue weighted by Gasteiger charge is 2.31. The van der Waals surface area contributed by atoms with Crippen LogP contribution in [-0.4, -0.2) is 50.0 Å². The van der Waals surface area contributed by atoms with Crippen LogP contribution in [-0.2, 0) is 26.2 Å². The van der Waals surface area contributed by atoms with Crippen molar-refractivity contribution in [1.82, 2.24) is 10.2 Å². The smallest absolute Gasteiger partial charge is 0.244 e. The van der Waals surface area contributed by atoms with Crippen molar-refractivity contribution in [2.75, 3.05) is 17.1 Å². The number of nitrogens with one attached hydrogen (secondary N) is 1. The average Bonchev–Trinajstić information content (AvgIpc) is 2.86. The molecule has 3 rings (SSSR count). The van der Waals surface area contributed by atoms with Gasteiger partial charge in [-0.15, -0.1) is 0 Å². The number of hydrogen-bond acceptors (Lipinski definition) is 4. The van der Waals surface area contributed by atoms with E-state index in [-0.39, 0.29) is 18.5 Å². The van der Waals surface area contributed by atoms with Crippen LogP contribution < -0.4 is 9.62 Å². The van der Waals surface area contributed by atoms with E-state index >= 15 is 0 Å². The first-order valence-electron chi connectivity index (χ1n) is 12.9. The van der Waals surface area contributed by atoms with E-state index < -0.39 is 28.5 Å². The van der Waals surface area contributed by atoms with Gasteiger partial charge in [0.15, 0.2) is 0 Å². The normalized spacial score (nSPS) is 15.3. The predicted molar refractivity (Wildman–Crippen MR) is 152 cm³/mol. The van der Waals surface area contributed by atoms with Gasteiger partial charge in [-0.25, -0.2) is 8.42 Å². The molecule has 37 heavy (non-hydrogen) atoms. The summed E-state index contributed by atoms with van der Waals surface area (Å²) in [7, 11) is -3.75. The molecule has 202 valence electrons. The molecule has 1 unspecified atom stereocenters. The number of sulfonamides is 1. The molecular weight excluding hydrogens is 554 g/mol. The fraction of sp³-hybridized carbons (Fsp3) is 0.500. The molecule has 7 nitrogen and oxygen atoms in total. The Hall–Kier alpha value is -2.39. The number of amides is 2. The van der Waals surface area contributed by atoms with Crippen LogP contribution in [0.3, 0.4) is 0 Å². The Morgan fingerprint density at radius 2 is 1.57 bits per heavy atom. The summed E-state index contributed by atoms with van der Waals surface area (Å²) in [5.74, 6) is -0.357. The second-order valence-corrected chi connectivity index (χ2v) is 13.0. The highest BCUT2D eigenvalue weighted by molar-refractivity contribution is 9.10. The van der Waals surface area contributed by atoms with E-state index in [1.54, 1.807) is 19.1 Å². The van der Waals surface area contributed by atoms with Gasteiger partial charge >= 0.3 is 0 Å². The zero-order valence-electron chi connectivity index (χ0n) is 22.1. The van der Waals surface area contributed by atoms with E-state index in [2.05, 4.69) is 35.1 Å². The Morgan fingerprint density at radius 3 is 2.11 bits per heavy atom. The summed E-state index contributed by atoms with van der Waals surface area (Å²) in [6.07, 6.45) is 6.31. The van der Waals surface area contributed by atoms with Gasteiger partial charge in [0.2, 0.25) is 21.8 Å². The van der Waals surface area contributed by atoms with Crippen molar-refractivity contribution < 1.29 is 18.0 Å². The Balaban J connectivity index is 1.86. The van der Waals surface area contributed by atoms with E-state index in [1.165, 1.54) is 11.3 Å². The average molecular weight is 593 g/mol. The van der Waals surface area contributed by atoms with Crippen LogP contribution in [0, 0.1) is 0 Å². The van der Waals surface area contributed by atoms with E-state index in [0.29, 0.717) is 11.6 Å². The van der Waals surface area contributed by atoms with Crippen LogP contribution in [0.15, 0.2) is 53.0 Å². The van der Waals surface area contributed by atoms with Gasteiger partial charge in [0, 0.05) is 17.1 Å². The van der Waals surface area contributed by atoms with Crippen molar-refractivity contribution in [3.05, 3.63) is 64.1 Å². The van der Waals surface area contributed by atoms with Gasteiger partial charge in [0.1, 0.15) is 12.6 Å². The van der Waals surface area contributed by atoms with Crippen molar-refractivity contribution >= 4 is 43.5 Å². The van der Waals surface area contributed by atoms with Gasteiger partial charge in [-0.2, -0.15) is 0 Å². The molecule has 0 aromatic heterocycles. The second-order valence-electron chi connectivity index (χ2n) is 10.2. The summed E-state index contributed by atoms with van der Waals surface area (Å²) in [4.78, 5) is 28.4. The maximum Gasteiger partial charge on any atom is 0.244 e. The van der Waals surface area contributed by atoms with Crippen molar-refractivity contribution in [1.29, 1.82) is 0 Å². The zero-order chi connectivity index (χ0) is 27.2. The molecule has 0 saturated heterocycles. The van der Waals surface area contributed by atoms with Crippen LogP contribution in [0.1, 0.15) is 69.9 Å². The van der Waals surface area contributed by atoms with Crippen LogP contribution >= 0.6 is 15.9 Å². The van der Waals surface area contributed by atoms with Crippen molar-refractivity contribution in [2.24, 2.45) is 0 Å². The van der Waals surface area contributed by atoms with Crippen LogP contribution in [0.25, 0.3) is 0 Å². The molecule has 0 radical (unpaired) electrons. The highest BCUT2D eigenvalue weighted by Crippen LogP contribution is 2.23. The van der Waals surface area contributed by atoms with Gasteiger partial charge in [0.05, 0.1) is 11.9 Å². The molecule has 2 aromatic rings. The minimum atomic E-state index is -3.75. The lowest BCUT2D eigenvalue weighted by Crippen LogP contribution is -2.52. The molecule has 0 bridgehead atoms. The first kappa shape index (κ1) is 29.2. The van der Waals surface area contributed by atoms with Gasteiger partial charge in [-0.1, -0.05) is 73.3 Å². The second kappa shape index (κ2) is 12.9. The summed E-state index contributed by atoms with van der Waals surface area (Å²) in [5.41, 5.74) is 2.35. The van der Waals surface area contributed by atoms with Crippen molar-refractivity contribution in [2.45, 2.75) is 77.4 Å². The fourth-order valence-corrected chi connectivity index (χ4v) is 5.69. The van der Waals surface area contributed by atoms with Gasteiger partial charge in [0.25, 0.3) is 0 Å². The molecule has 1 N–H and O–H groups in total. The van der Waals surface area contributed by atoms with E-state index in [4.69, 9.17) is 0 Å². The molecule has 1 aliphatic carbocycles. The summed E-state index contributed by atoms with van der Waals surface area (Å²) in [5, 5.41) is 3.11. The number of carbonyl (C=O) groups excluding carboxylic acids is 2. The molecule has 2 aromatic carbocycles. The van der Waals surface area contributed by atoms with Crippen LogP contribution in [0.2, 0.25) is 0 Å². The molecule has 0 heterocycles. The number of nitrogens with zero attached hydrogens (tertiary/aromatic N) is 2. The van der Waals surface area contributed by atoms with Crippen LogP contribution in [0.5, 0.6) is 0 Å². The molecule has 2 amide bonds. The van der Waals surface area contributed by atoms with E-state index in [9.17, 15) is 18.0 Å². The van der Waals surface area contributed by atoms with Gasteiger partial charge in [-0.05, 0) is 61.1 Å². The number of halogens is 1. The predicted octanol–water partition coefficient (Wildman–Crippen LogP) is 5.20. The Kier molecular flexibility index (Phi) is 10.2. The Labute approximate surface area is 229 Å². The number of rotatable bonds is 10. The molecular formula is C28H38BrN3O4S. The molecule has 9 heteroatoms. The monoisotopic (exact) mass is 591 g/mol. The molecule has 1 aliphatic rings. The third kappa shape index (κ3) is 8.30. The number of carbonyl (C=O) groups is 2. The fourth-order valence-electron chi connectivity index (χ4n) is 4.58. The molecule has 1 saturated carbocycles. The Bertz CT molecular complexity index is 1160. The number of benzene rings is 2. The molecule has 1 fully saturated rings. The quantitative estimate of drug-likeness (QED) is 0.411. The number of hydrogen-bond donors (Lipinski definition) is 1. The third-order valence-electron chi connectivity index (χ3n) is 6.91. The highest BCUT2D eigenvalue weighted by atomic mass is 79.9. The third-order valence-corrected chi connectivity index (χ3v) is 8.58. The molecule has 1 atom stereocenters. The van der Waals surface area contributed by atoms with Gasteiger partial charge < -0.3 is 10.2 Å². The maximum atomic E-state index is 13.7. The summed E-state index contributed by atoms with van der Waals surface area (Å²) >= 11 is 3.42. The topological polar surface area (TPSA) is 86.8 Å². The van der Waals surface area contributed by atoms with Crippen LogP contribution in [0.4, 0.5) is 5.69 Å². The lowest BCUT2D eigenvalue weighted by atomic mass is 9.95. The first-order chi connectivity index (χ1) is 17.5. The molecule has 0 spiro atoms. The summed E-state index contributed by atoms with van der Waals surface area (Å²) in [6.45, 7) is 5.63. The summed E-state index contributed by atoms with van der Waals surface area (Å²) in [6, 6.07) is 14.1. The van der Waals surface area contributed by atoms with Gasteiger partial charge in [-0.3, -0.25) is 13.9 Å². The minimum Gasteiger partial charge on any atom is -0.352 e.